The summed E-state index contributed by atoms with van der Waals surface area (Å²) in [5, 5.41) is 8.54. The van der Waals surface area contributed by atoms with E-state index in [0.717, 1.165) is 17.8 Å². The van der Waals surface area contributed by atoms with Gasteiger partial charge in [-0.25, -0.2) is 0 Å². The van der Waals surface area contributed by atoms with E-state index in [2.05, 4.69) is 42.4 Å². The zero-order valence-corrected chi connectivity index (χ0v) is 12.9. The number of hydrogen-bond acceptors (Lipinski definition) is 2. The Hall–Kier alpha value is -2.36. The van der Waals surface area contributed by atoms with E-state index >= 15 is 0 Å². The Labute approximate surface area is 126 Å². The molecule has 21 heavy (non-hydrogen) atoms. The van der Waals surface area contributed by atoms with E-state index in [4.69, 9.17) is 0 Å². The Kier molecular flexibility index (Phi) is 5.32. The summed E-state index contributed by atoms with van der Waals surface area (Å²) in [5.41, 5.74) is 3.46. The standard InChI is InChI=1S/C14H14N4.C3H8/c1-17-14(7-8-15-17)11-18-10-13(9-16-18)12-5-3-2-4-6-12;1-3-2/h2-10H,11H2,1H3;3H2,1-2H3. The first-order valence-electron chi connectivity index (χ1n) is 7.29. The summed E-state index contributed by atoms with van der Waals surface area (Å²) < 4.78 is 3.79. The maximum atomic E-state index is 4.38. The van der Waals surface area contributed by atoms with Crippen LogP contribution in [0.2, 0.25) is 0 Å². The third kappa shape index (κ3) is 4.05. The van der Waals surface area contributed by atoms with E-state index in [9.17, 15) is 0 Å². The second-order valence-electron chi connectivity index (χ2n) is 4.95. The summed E-state index contributed by atoms with van der Waals surface area (Å²) >= 11 is 0. The fourth-order valence-corrected chi connectivity index (χ4v) is 1.95. The van der Waals surface area contributed by atoms with Crippen LogP contribution in [0.4, 0.5) is 0 Å². The highest BCUT2D eigenvalue weighted by Gasteiger charge is 2.03. The summed E-state index contributed by atoms with van der Waals surface area (Å²) in [6, 6.07) is 12.3. The Bertz CT molecular complexity index is 652. The molecule has 4 nitrogen and oxygen atoms in total. The Morgan fingerprint density at radius 2 is 1.67 bits per heavy atom. The van der Waals surface area contributed by atoms with Crippen LogP contribution in [0.15, 0.2) is 55.0 Å². The summed E-state index contributed by atoms with van der Waals surface area (Å²) in [4.78, 5) is 0. The molecule has 0 radical (unpaired) electrons. The molecule has 4 heteroatoms. The van der Waals surface area contributed by atoms with Crippen LogP contribution in [0, 0.1) is 0 Å². The molecule has 0 unspecified atom stereocenters. The van der Waals surface area contributed by atoms with Gasteiger partial charge in [-0.3, -0.25) is 9.36 Å². The lowest BCUT2D eigenvalue weighted by Crippen LogP contribution is -2.05. The van der Waals surface area contributed by atoms with Crippen molar-refractivity contribution in [3.63, 3.8) is 0 Å². The van der Waals surface area contributed by atoms with Gasteiger partial charge in [0.2, 0.25) is 0 Å². The van der Waals surface area contributed by atoms with Gasteiger partial charge in [-0.2, -0.15) is 10.2 Å². The first-order chi connectivity index (χ1) is 10.2. The number of hydrogen-bond donors (Lipinski definition) is 0. The van der Waals surface area contributed by atoms with Gasteiger partial charge in [0, 0.05) is 25.0 Å². The molecule has 2 heterocycles. The molecule has 0 aliphatic heterocycles. The topological polar surface area (TPSA) is 35.6 Å². The number of nitrogens with zero attached hydrogens (tertiary/aromatic N) is 4. The minimum atomic E-state index is 0.739. The van der Waals surface area contributed by atoms with Crippen molar-refractivity contribution in [2.24, 2.45) is 7.05 Å². The lowest BCUT2D eigenvalue weighted by atomic mass is 10.1. The number of aryl methyl sites for hydroxylation is 1. The lowest BCUT2D eigenvalue weighted by molar-refractivity contribution is 0.620. The highest BCUT2D eigenvalue weighted by Crippen LogP contribution is 2.17. The van der Waals surface area contributed by atoms with Gasteiger partial charge in [0.1, 0.15) is 0 Å². The van der Waals surface area contributed by atoms with E-state index in [-0.39, 0.29) is 0 Å². The minimum Gasteiger partial charge on any atom is -0.271 e. The monoisotopic (exact) mass is 282 g/mol. The lowest BCUT2D eigenvalue weighted by Gasteiger charge is -2.01. The molecule has 0 fully saturated rings. The third-order valence-corrected chi connectivity index (χ3v) is 2.99. The fraction of sp³-hybridized carbons (Fsp3) is 0.294. The second-order valence-corrected chi connectivity index (χ2v) is 4.95. The molecule has 0 amide bonds. The normalized spacial score (nSPS) is 10.0. The predicted octanol–water partition coefficient (Wildman–Crippen LogP) is 3.75. The van der Waals surface area contributed by atoms with Crippen molar-refractivity contribution in [1.29, 1.82) is 0 Å². The molecular weight excluding hydrogens is 260 g/mol. The Morgan fingerprint density at radius 1 is 0.952 bits per heavy atom. The van der Waals surface area contributed by atoms with Crippen molar-refractivity contribution in [2.75, 3.05) is 0 Å². The first kappa shape index (κ1) is 15.0. The van der Waals surface area contributed by atoms with Crippen LogP contribution in [-0.4, -0.2) is 19.6 Å². The highest BCUT2D eigenvalue weighted by molar-refractivity contribution is 5.61. The zero-order valence-electron chi connectivity index (χ0n) is 12.9. The third-order valence-electron chi connectivity index (χ3n) is 2.99. The van der Waals surface area contributed by atoms with Crippen molar-refractivity contribution in [3.05, 3.63) is 60.7 Å². The molecule has 0 saturated carbocycles. The van der Waals surface area contributed by atoms with Crippen molar-refractivity contribution >= 4 is 0 Å². The van der Waals surface area contributed by atoms with Gasteiger partial charge >= 0.3 is 0 Å². The van der Waals surface area contributed by atoms with E-state index < -0.39 is 0 Å². The second kappa shape index (κ2) is 7.43. The van der Waals surface area contributed by atoms with E-state index in [0.29, 0.717) is 0 Å². The smallest absolute Gasteiger partial charge is 0.0828 e. The largest absolute Gasteiger partial charge is 0.271 e. The van der Waals surface area contributed by atoms with E-state index in [1.54, 1.807) is 6.20 Å². The number of benzene rings is 1. The summed E-state index contributed by atoms with van der Waals surface area (Å²) in [6.07, 6.45) is 7.00. The predicted molar refractivity (Wildman–Crippen MR) is 85.9 cm³/mol. The molecule has 0 aliphatic rings. The van der Waals surface area contributed by atoms with Gasteiger partial charge < -0.3 is 0 Å². The van der Waals surface area contributed by atoms with Crippen LogP contribution in [0.3, 0.4) is 0 Å². The van der Waals surface area contributed by atoms with Crippen LogP contribution < -0.4 is 0 Å². The molecule has 110 valence electrons. The van der Waals surface area contributed by atoms with Gasteiger partial charge in [-0.1, -0.05) is 50.6 Å². The summed E-state index contributed by atoms with van der Waals surface area (Å²) in [6.45, 7) is 4.99. The molecule has 1 aromatic carbocycles. The average Bonchev–Trinajstić information content (AvgIpc) is 3.11. The maximum absolute atomic E-state index is 4.38. The number of aromatic nitrogens is 4. The van der Waals surface area contributed by atoms with Crippen molar-refractivity contribution in [1.82, 2.24) is 19.6 Å². The first-order valence-corrected chi connectivity index (χ1v) is 7.29. The molecule has 0 aliphatic carbocycles. The van der Waals surface area contributed by atoms with E-state index in [1.807, 2.05) is 46.9 Å². The highest BCUT2D eigenvalue weighted by atomic mass is 15.3. The van der Waals surface area contributed by atoms with Gasteiger partial charge in [0.15, 0.2) is 0 Å². The summed E-state index contributed by atoms with van der Waals surface area (Å²) in [7, 11) is 1.94. The van der Waals surface area contributed by atoms with Crippen LogP contribution in [-0.2, 0) is 13.6 Å². The minimum absolute atomic E-state index is 0.739. The molecule has 0 saturated heterocycles. The molecule has 0 N–H and O–H groups in total. The van der Waals surface area contributed by atoms with Crippen LogP contribution in [0.5, 0.6) is 0 Å². The quantitative estimate of drug-likeness (QED) is 0.733. The van der Waals surface area contributed by atoms with Gasteiger partial charge in [0.05, 0.1) is 18.4 Å². The molecule has 0 bridgehead atoms. The molecule has 3 rings (SSSR count). The maximum Gasteiger partial charge on any atom is 0.0828 e. The Morgan fingerprint density at radius 3 is 2.29 bits per heavy atom. The van der Waals surface area contributed by atoms with Crippen molar-refractivity contribution in [3.8, 4) is 11.1 Å². The van der Waals surface area contributed by atoms with Gasteiger partial charge in [0.25, 0.3) is 0 Å². The fourth-order valence-electron chi connectivity index (χ4n) is 1.95. The van der Waals surface area contributed by atoms with Crippen LogP contribution in [0.25, 0.3) is 11.1 Å². The molecule has 0 atom stereocenters. The van der Waals surface area contributed by atoms with Crippen LogP contribution in [0.1, 0.15) is 26.0 Å². The SMILES string of the molecule is CCC.Cn1nccc1Cn1cc(-c2ccccc2)cn1. The van der Waals surface area contributed by atoms with Gasteiger partial charge in [-0.15, -0.1) is 0 Å². The van der Waals surface area contributed by atoms with Crippen LogP contribution >= 0.6 is 0 Å². The Balaban J connectivity index is 0.000000497. The zero-order chi connectivity index (χ0) is 15.1. The van der Waals surface area contributed by atoms with E-state index in [1.165, 1.54) is 12.0 Å². The molecule has 3 aromatic rings. The van der Waals surface area contributed by atoms with Crippen molar-refractivity contribution < 1.29 is 0 Å². The number of rotatable bonds is 3. The summed E-state index contributed by atoms with van der Waals surface area (Å²) in [5.74, 6) is 0. The average molecular weight is 282 g/mol. The molecular formula is C17H22N4. The van der Waals surface area contributed by atoms with Gasteiger partial charge in [-0.05, 0) is 11.6 Å². The molecule has 2 aromatic heterocycles. The van der Waals surface area contributed by atoms with Crippen molar-refractivity contribution in [2.45, 2.75) is 26.8 Å². The molecule has 0 spiro atoms.